The third-order valence-corrected chi connectivity index (χ3v) is 6.49. The zero-order valence-corrected chi connectivity index (χ0v) is 25.2. The minimum atomic E-state index is -2.99. The van der Waals surface area contributed by atoms with E-state index in [-0.39, 0.29) is 49.0 Å². The van der Waals surface area contributed by atoms with Gasteiger partial charge in [-0.3, -0.25) is 9.79 Å². The SMILES string of the molecule is C=CCNC(=O)C(=C/N=C)/C(=N\CNc1ccc(NCCCCNC)cc1)Nc1ccc2c(n1)C(O)(C(F)F)CC2.CC. The van der Waals surface area contributed by atoms with Gasteiger partial charge in [-0.1, -0.05) is 26.0 Å². The highest BCUT2D eigenvalue weighted by molar-refractivity contribution is 6.25. The van der Waals surface area contributed by atoms with Crippen LogP contribution in [0.25, 0.3) is 0 Å². The summed E-state index contributed by atoms with van der Waals surface area (Å²) >= 11 is 0. The summed E-state index contributed by atoms with van der Waals surface area (Å²) in [7, 11) is 1.94. The maximum atomic E-state index is 13.7. The number of hydrogen-bond acceptors (Lipinski definition) is 8. The maximum Gasteiger partial charge on any atom is 0.272 e. The van der Waals surface area contributed by atoms with Crippen molar-refractivity contribution in [2.45, 2.75) is 51.6 Å². The molecule has 1 atom stereocenters. The number of halogens is 2. The molecule has 0 fully saturated rings. The number of aliphatic hydroxyl groups is 1. The number of aliphatic imine (C=N–C) groups is 2. The molecule has 3 rings (SSSR count). The predicted octanol–water partition coefficient (Wildman–Crippen LogP) is 4.68. The van der Waals surface area contributed by atoms with Crippen molar-refractivity contribution in [1.29, 1.82) is 0 Å². The molecule has 1 aromatic carbocycles. The van der Waals surface area contributed by atoms with Crippen LogP contribution in [0.15, 0.2) is 70.8 Å². The van der Waals surface area contributed by atoms with Crippen LogP contribution in [0.2, 0.25) is 0 Å². The number of unbranched alkanes of at least 4 members (excludes halogenated alkanes) is 1. The number of amides is 1. The molecule has 6 N–H and O–H groups in total. The molecule has 1 aliphatic rings. The molecule has 10 nitrogen and oxygen atoms in total. The molecular formula is C31H44F2N8O2. The van der Waals surface area contributed by atoms with Gasteiger partial charge >= 0.3 is 0 Å². The lowest BCUT2D eigenvalue weighted by Gasteiger charge is -2.22. The molecular weight excluding hydrogens is 554 g/mol. The number of fused-ring (bicyclic) bond motifs is 1. The number of carbonyl (C=O) groups is 1. The van der Waals surface area contributed by atoms with E-state index in [1.54, 1.807) is 12.1 Å². The number of aromatic nitrogens is 1. The van der Waals surface area contributed by atoms with Crippen molar-refractivity contribution < 1.29 is 18.7 Å². The Morgan fingerprint density at radius 2 is 1.79 bits per heavy atom. The summed E-state index contributed by atoms with van der Waals surface area (Å²) in [5.74, 6) is -0.281. The van der Waals surface area contributed by atoms with Gasteiger partial charge in [-0.25, -0.2) is 18.8 Å². The van der Waals surface area contributed by atoms with Crippen molar-refractivity contribution >= 4 is 35.7 Å². The number of amidine groups is 1. The molecule has 0 saturated carbocycles. The van der Waals surface area contributed by atoms with Crippen LogP contribution in [0.4, 0.5) is 26.0 Å². The molecule has 2 aromatic rings. The average molecular weight is 599 g/mol. The second-order valence-corrected chi connectivity index (χ2v) is 9.43. The lowest BCUT2D eigenvalue weighted by molar-refractivity contribution is -0.116. The smallest absolute Gasteiger partial charge is 0.272 e. The first-order chi connectivity index (χ1) is 20.8. The minimum Gasteiger partial charge on any atom is -0.385 e. The van der Waals surface area contributed by atoms with Gasteiger partial charge < -0.3 is 31.7 Å². The quantitative estimate of drug-likeness (QED) is 0.0543. The Hall–Kier alpha value is -4.16. The molecule has 0 aliphatic heterocycles. The fraction of sp³-hybridized carbons (Fsp3) is 0.419. The van der Waals surface area contributed by atoms with E-state index in [0.717, 1.165) is 37.3 Å². The van der Waals surface area contributed by atoms with E-state index in [4.69, 9.17) is 0 Å². The molecule has 12 heteroatoms. The van der Waals surface area contributed by atoms with E-state index in [2.05, 4.69) is 54.8 Å². The van der Waals surface area contributed by atoms with Crippen molar-refractivity contribution in [3.63, 3.8) is 0 Å². The molecule has 43 heavy (non-hydrogen) atoms. The van der Waals surface area contributed by atoms with Gasteiger partial charge in [0.2, 0.25) is 0 Å². The van der Waals surface area contributed by atoms with Crippen molar-refractivity contribution in [2.24, 2.45) is 9.98 Å². The van der Waals surface area contributed by atoms with Gasteiger partial charge in [0.05, 0.1) is 11.3 Å². The van der Waals surface area contributed by atoms with Crippen LogP contribution in [-0.4, -0.2) is 68.3 Å². The number of nitrogens with one attached hydrogen (secondary N) is 5. The highest BCUT2D eigenvalue weighted by Gasteiger charge is 2.46. The fourth-order valence-corrected chi connectivity index (χ4v) is 4.26. The summed E-state index contributed by atoms with van der Waals surface area (Å²) in [5, 5.41) is 25.8. The van der Waals surface area contributed by atoms with Crippen molar-refractivity contribution in [1.82, 2.24) is 15.6 Å². The standard InChI is InChI=1S/C29H38F2N8O2.C2H6/c1-4-15-35-27(40)23(18-33-3)26(39-24-12-7-20-13-14-29(41,28(30)31)25(20)38-24)37-19-36-22-10-8-21(9-11-22)34-17-6-5-16-32-2;1-2/h4,7-12,18,28,32,34,36,41H,1,3,5-6,13-17,19H2,2H3,(H,35,40)(H,37,38,39);1-2H3/b23-18+;. The van der Waals surface area contributed by atoms with E-state index in [9.17, 15) is 18.7 Å². The highest BCUT2D eigenvalue weighted by Crippen LogP contribution is 2.40. The summed E-state index contributed by atoms with van der Waals surface area (Å²) in [6, 6.07) is 10.9. The van der Waals surface area contributed by atoms with Crippen molar-refractivity contribution in [3.05, 3.63) is 72.1 Å². The van der Waals surface area contributed by atoms with Gasteiger partial charge in [0.25, 0.3) is 12.3 Å². The second kappa shape index (κ2) is 18.4. The molecule has 1 heterocycles. The van der Waals surface area contributed by atoms with Crippen molar-refractivity contribution in [2.75, 3.05) is 49.3 Å². The normalized spacial score (nSPS) is 16.1. The zero-order valence-electron chi connectivity index (χ0n) is 25.2. The molecule has 0 bridgehead atoms. The summed E-state index contributed by atoms with van der Waals surface area (Å²) in [5.41, 5.74) is -0.0281. The minimum absolute atomic E-state index is 0.0490. The number of hydrogen-bond donors (Lipinski definition) is 6. The Kier molecular flexibility index (Phi) is 15.0. The summed E-state index contributed by atoms with van der Waals surface area (Å²) in [6.45, 7) is 13.2. The third kappa shape index (κ3) is 10.3. The first kappa shape index (κ1) is 35.0. The topological polar surface area (TPSA) is 135 Å². The Morgan fingerprint density at radius 3 is 2.42 bits per heavy atom. The average Bonchev–Trinajstić information content (AvgIpc) is 3.37. The molecule has 1 aliphatic carbocycles. The first-order valence-electron chi connectivity index (χ1n) is 14.4. The van der Waals surface area contributed by atoms with Crippen LogP contribution in [0.1, 0.15) is 44.4 Å². The van der Waals surface area contributed by atoms with E-state index in [1.165, 1.54) is 12.3 Å². The van der Waals surface area contributed by atoms with Gasteiger partial charge in [0, 0.05) is 30.7 Å². The fourth-order valence-electron chi connectivity index (χ4n) is 4.26. The Morgan fingerprint density at radius 1 is 1.12 bits per heavy atom. The lowest BCUT2D eigenvalue weighted by Crippen LogP contribution is -2.33. The van der Waals surface area contributed by atoms with Crippen LogP contribution in [0.5, 0.6) is 0 Å². The number of pyridine rings is 1. The van der Waals surface area contributed by atoms with Gasteiger partial charge in [0.1, 0.15) is 18.3 Å². The monoisotopic (exact) mass is 598 g/mol. The molecule has 1 aromatic heterocycles. The zero-order chi connectivity index (χ0) is 31.7. The van der Waals surface area contributed by atoms with Gasteiger partial charge in [-0.15, -0.1) is 6.58 Å². The van der Waals surface area contributed by atoms with Crippen LogP contribution >= 0.6 is 0 Å². The first-order valence-corrected chi connectivity index (χ1v) is 14.4. The second-order valence-electron chi connectivity index (χ2n) is 9.43. The molecule has 234 valence electrons. The summed E-state index contributed by atoms with van der Waals surface area (Å²) < 4.78 is 27.3. The van der Waals surface area contributed by atoms with E-state index in [0.29, 0.717) is 5.56 Å². The highest BCUT2D eigenvalue weighted by atomic mass is 19.3. The van der Waals surface area contributed by atoms with Gasteiger partial charge in [-0.05, 0) is 81.9 Å². The number of aryl methyl sites for hydroxylation is 1. The Balaban J connectivity index is 0.00000316. The summed E-state index contributed by atoms with van der Waals surface area (Å²) in [6.07, 6.45) is 2.09. The maximum absolute atomic E-state index is 13.7. The molecule has 1 amide bonds. The Labute approximate surface area is 252 Å². The number of nitrogens with zero attached hydrogens (tertiary/aromatic N) is 3. The Bertz CT molecular complexity index is 1250. The summed E-state index contributed by atoms with van der Waals surface area (Å²) in [4.78, 5) is 25.4. The van der Waals surface area contributed by atoms with Crippen molar-refractivity contribution in [3.8, 4) is 0 Å². The predicted molar refractivity (Wildman–Crippen MR) is 172 cm³/mol. The molecule has 0 spiro atoms. The van der Waals surface area contributed by atoms with Crippen LogP contribution < -0.4 is 26.6 Å². The van der Waals surface area contributed by atoms with E-state index >= 15 is 0 Å². The molecule has 1 unspecified atom stereocenters. The number of benzene rings is 1. The molecule has 0 saturated heterocycles. The van der Waals surface area contributed by atoms with Gasteiger partial charge in [-0.2, -0.15) is 0 Å². The number of carbonyl (C=O) groups excluding carboxylic acids is 1. The van der Waals surface area contributed by atoms with E-state index < -0.39 is 17.9 Å². The van der Waals surface area contributed by atoms with Gasteiger partial charge in [0.15, 0.2) is 5.60 Å². The lowest BCUT2D eigenvalue weighted by atomic mass is 10.0. The number of alkyl halides is 2. The van der Waals surface area contributed by atoms with Crippen LogP contribution in [-0.2, 0) is 16.8 Å². The molecule has 0 radical (unpaired) electrons. The van der Waals surface area contributed by atoms with E-state index in [1.807, 2.05) is 45.2 Å². The number of rotatable bonds is 16. The van der Waals surface area contributed by atoms with Crippen LogP contribution in [0.3, 0.4) is 0 Å². The number of anilines is 3. The largest absolute Gasteiger partial charge is 0.385 e. The third-order valence-electron chi connectivity index (χ3n) is 6.49. The van der Waals surface area contributed by atoms with Crippen LogP contribution in [0, 0.1) is 0 Å².